The van der Waals surface area contributed by atoms with Gasteiger partial charge < -0.3 is 10.0 Å². The summed E-state index contributed by atoms with van der Waals surface area (Å²) in [6, 6.07) is 11.9. The zero-order valence-corrected chi connectivity index (χ0v) is 20.7. The van der Waals surface area contributed by atoms with E-state index in [1.165, 1.54) is 0 Å². The number of pyridine rings is 1. The predicted octanol–water partition coefficient (Wildman–Crippen LogP) is 5.07. The summed E-state index contributed by atoms with van der Waals surface area (Å²) in [6.07, 6.45) is 7.34. The normalized spacial score (nSPS) is 17.7. The predicted molar refractivity (Wildman–Crippen MR) is 135 cm³/mol. The van der Waals surface area contributed by atoms with Gasteiger partial charge in [-0.15, -0.1) is 0 Å². The molecule has 0 saturated heterocycles. The first-order valence-corrected chi connectivity index (χ1v) is 12.4. The smallest absolute Gasteiger partial charge is 0.237 e. The topological polar surface area (TPSA) is 71.2 Å². The van der Waals surface area contributed by atoms with E-state index in [9.17, 15) is 9.90 Å². The molecule has 2 aromatic heterocycles. The minimum atomic E-state index is -0.707. The van der Waals surface area contributed by atoms with Crippen LogP contribution in [0.2, 0.25) is 0 Å². The van der Waals surface area contributed by atoms with Crippen LogP contribution in [0, 0.1) is 5.92 Å². The molecule has 0 aliphatic heterocycles. The molecule has 0 fully saturated rings. The van der Waals surface area contributed by atoms with Crippen molar-refractivity contribution in [3.05, 3.63) is 77.4 Å². The fraction of sp³-hybridized carbons (Fsp3) is 0.464. The molecule has 0 saturated carbocycles. The lowest BCUT2D eigenvalue weighted by molar-refractivity contribution is -0.123. The van der Waals surface area contributed by atoms with E-state index < -0.39 is 12.0 Å². The number of hydrogen-bond donors (Lipinski definition) is 1. The molecule has 2 atom stereocenters. The molecule has 4 rings (SSSR count). The number of carbonyl (C=O) groups excluding carboxylic acids is 1. The molecule has 34 heavy (non-hydrogen) atoms. The van der Waals surface area contributed by atoms with Gasteiger partial charge in [0.2, 0.25) is 5.91 Å². The molecule has 1 N–H and O–H groups in total. The molecule has 0 spiro atoms. The van der Waals surface area contributed by atoms with Crippen LogP contribution >= 0.6 is 0 Å². The number of nitrogens with zero attached hydrogens (tertiary/aromatic N) is 4. The van der Waals surface area contributed by atoms with E-state index in [1.807, 2.05) is 47.4 Å². The van der Waals surface area contributed by atoms with Gasteiger partial charge in [-0.05, 0) is 54.4 Å². The Morgan fingerprint density at radius 3 is 2.65 bits per heavy atom. The number of aryl methyl sites for hydroxylation is 2. The van der Waals surface area contributed by atoms with E-state index in [4.69, 9.17) is 0 Å². The third kappa shape index (κ3) is 5.39. The van der Waals surface area contributed by atoms with Gasteiger partial charge >= 0.3 is 0 Å². The molecular weight excluding hydrogens is 424 g/mol. The number of aliphatic hydroxyl groups excluding tert-OH is 1. The van der Waals surface area contributed by atoms with E-state index in [0.717, 1.165) is 47.5 Å². The average Bonchev–Trinajstić information content (AvgIpc) is 3.28. The molecular formula is C28H36N4O2. The summed E-state index contributed by atoms with van der Waals surface area (Å²) >= 11 is 0. The summed E-state index contributed by atoms with van der Waals surface area (Å²) < 4.78 is 1.95. The molecule has 0 radical (unpaired) electrons. The summed E-state index contributed by atoms with van der Waals surface area (Å²) in [6.45, 7) is 9.84. The first kappa shape index (κ1) is 24.1. The number of anilines is 1. The monoisotopic (exact) mass is 460 g/mol. The standard InChI is InChI=1S/C28H36N4O2/c1-19(2)13-14-31-17-21(15-30-31)18-32(23-10-11-25(20(3)4)29-16-23)28(34)27-24-8-6-5-7-22(24)9-12-26(27)33/h5-8,10-11,15-17,19-20,26-27,33H,9,12-14,18H2,1-4H3. The highest BCUT2D eigenvalue weighted by atomic mass is 16.3. The molecule has 1 aliphatic carbocycles. The molecule has 6 heteroatoms. The van der Waals surface area contributed by atoms with Crippen molar-refractivity contribution in [2.24, 2.45) is 5.92 Å². The zero-order valence-electron chi connectivity index (χ0n) is 20.7. The van der Waals surface area contributed by atoms with Crippen LogP contribution in [-0.4, -0.2) is 31.9 Å². The maximum Gasteiger partial charge on any atom is 0.237 e. The Bertz CT molecular complexity index is 1100. The van der Waals surface area contributed by atoms with Gasteiger partial charge in [-0.25, -0.2) is 0 Å². The highest BCUT2D eigenvalue weighted by Crippen LogP contribution is 2.35. The highest BCUT2D eigenvalue weighted by Gasteiger charge is 2.37. The summed E-state index contributed by atoms with van der Waals surface area (Å²) in [5.74, 6) is 0.216. The van der Waals surface area contributed by atoms with Crippen molar-refractivity contribution in [2.75, 3.05) is 4.90 Å². The molecule has 2 unspecified atom stereocenters. The SMILES string of the molecule is CC(C)CCn1cc(CN(C(=O)C2c3ccccc3CCC2O)c2ccc(C(C)C)nc2)cn1. The minimum Gasteiger partial charge on any atom is -0.392 e. The third-order valence-corrected chi connectivity index (χ3v) is 6.65. The van der Waals surface area contributed by atoms with E-state index in [-0.39, 0.29) is 5.91 Å². The van der Waals surface area contributed by atoms with Crippen molar-refractivity contribution in [2.45, 2.75) is 78.0 Å². The number of hydrogen-bond acceptors (Lipinski definition) is 4. The van der Waals surface area contributed by atoms with Crippen molar-refractivity contribution >= 4 is 11.6 Å². The Hall–Kier alpha value is -2.99. The lowest BCUT2D eigenvalue weighted by Crippen LogP contribution is -2.41. The second-order valence-corrected chi connectivity index (χ2v) is 10.1. The van der Waals surface area contributed by atoms with Crippen LogP contribution in [-0.2, 0) is 24.3 Å². The summed E-state index contributed by atoms with van der Waals surface area (Å²) in [5, 5.41) is 15.4. The molecule has 6 nitrogen and oxygen atoms in total. The summed E-state index contributed by atoms with van der Waals surface area (Å²) in [4.78, 5) is 20.4. The van der Waals surface area contributed by atoms with E-state index >= 15 is 0 Å². The highest BCUT2D eigenvalue weighted by molar-refractivity contribution is 5.98. The van der Waals surface area contributed by atoms with Crippen molar-refractivity contribution in [3.63, 3.8) is 0 Å². The van der Waals surface area contributed by atoms with Gasteiger partial charge in [-0.3, -0.25) is 14.5 Å². The molecule has 3 aromatic rings. The van der Waals surface area contributed by atoms with Crippen LogP contribution in [0.15, 0.2) is 55.0 Å². The molecule has 1 aromatic carbocycles. The number of carbonyl (C=O) groups is 1. The molecule has 1 amide bonds. The quantitative estimate of drug-likeness (QED) is 0.509. The third-order valence-electron chi connectivity index (χ3n) is 6.65. The minimum absolute atomic E-state index is 0.103. The second-order valence-electron chi connectivity index (χ2n) is 10.1. The number of benzene rings is 1. The van der Waals surface area contributed by atoms with Crippen molar-refractivity contribution in [1.82, 2.24) is 14.8 Å². The largest absolute Gasteiger partial charge is 0.392 e. The zero-order chi connectivity index (χ0) is 24.2. The lowest BCUT2D eigenvalue weighted by Gasteiger charge is -2.34. The maximum atomic E-state index is 14.0. The van der Waals surface area contributed by atoms with Crippen LogP contribution in [0.1, 0.15) is 74.8 Å². The number of aliphatic hydroxyl groups is 1. The van der Waals surface area contributed by atoms with E-state index in [1.54, 1.807) is 11.1 Å². The number of aromatic nitrogens is 3. The van der Waals surface area contributed by atoms with Crippen molar-refractivity contribution in [3.8, 4) is 0 Å². The molecule has 2 heterocycles. The van der Waals surface area contributed by atoms with Gasteiger partial charge in [0.05, 0.1) is 36.6 Å². The van der Waals surface area contributed by atoms with Gasteiger partial charge in [-0.2, -0.15) is 5.10 Å². The number of rotatable bonds is 8. The van der Waals surface area contributed by atoms with Crippen molar-refractivity contribution in [1.29, 1.82) is 0 Å². The Morgan fingerprint density at radius 1 is 1.15 bits per heavy atom. The molecule has 1 aliphatic rings. The molecule has 0 bridgehead atoms. The second kappa shape index (κ2) is 10.5. The van der Waals surface area contributed by atoms with Crippen LogP contribution in [0.4, 0.5) is 5.69 Å². The van der Waals surface area contributed by atoms with Gasteiger partial charge in [-0.1, -0.05) is 52.0 Å². The number of fused-ring (bicyclic) bond motifs is 1. The van der Waals surface area contributed by atoms with Crippen LogP contribution in [0.25, 0.3) is 0 Å². The summed E-state index contributed by atoms with van der Waals surface area (Å²) in [7, 11) is 0. The van der Waals surface area contributed by atoms with Gasteiger partial charge in [0, 0.05) is 24.0 Å². The van der Waals surface area contributed by atoms with Crippen LogP contribution in [0.3, 0.4) is 0 Å². The first-order valence-electron chi connectivity index (χ1n) is 12.4. The van der Waals surface area contributed by atoms with Gasteiger partial charge in [0.15, 0.2) is 0 Å². The Labute approximate surface area is 202 Å². The maximum absolute atomic E-state index is 14.0. The Morgan fingerprint density at radius 2 is 1.94 bits per heavy atom. The van der Waals surface area contributed by atoms with Gasteiger partial charge in [0.1, 0.15) is 0 Å². The van der Waals surface area contributed by atoms with E-state index in [2.05, 4.69) is 43.8 Å². The van der Waals surface area contributed by atoms with Crippen molar-refractivity contribution < 1.29 is 9.90 Å². The Kier molecular flexibility index (Phi) is 7.47. The molecule has 180 valence electrons. The van der Waals surface area contributed by atoms with Gasteiger partial charge in [0.25, 0.3) is 0 Å². The van der Waals surface area contributed by atoms with E-state index in [0.29, 0.717) is 24.8 Å². The average molecular weight is 461 g/mol. The fourth-order valence-electron chi connectivity index (χ4n) is 4.59. The number of amides is 1. The Balaban J connectivity index is 1.66. The fourth-order valence-corrected chi connectivity index (χ4v) is 4.59. The van der Waals surface area contributed by atoms with Crippen LogP contribution < -0.4 is 4.90 Å². The summed E-state index contributed by atoms with van der Waals surface area (Å²) in [5.41, 5.74) is 4.75. The first-order chi connectivity index (χ1) is 16.3. The van der Waals surface area contributed by atoms with Crippen LogP contribution in [0.5, 0.6) is 0 Å². The lowest BCUT2D eigenvalue weighted by atomic mass is 9.80.